The van der Waals surface area contributed by atoms with E-state index in [1.165, 1.54) is 0 Å². The smallest absolute Gasteiger partial charge is 0.146 e. The highest BCUT2D eigenvalue weighted by molar-refractivity contribution is 6.16. The maximum atomic E-state index is 6.01. The summed E-state index contributed by atoms with van der Waals surface area (Å²) < 4.78 is 18.0. The van der Waals surface area contributed by atoms with Crippen molar-refractivity contribution in [3.8, 4) is 5.75 Å². The fourth-order valence-electron chi connectivity index (χ4n) is 2.22. The number of imidazole rings is 1. The SMILES string of the molecule is COCC(Cn1c(CCl)nc2c(OC)cccc21)OC. The van der Waals surface area contributed by atoms with Gasteiger partial charge in [-0.05, 0) is 12.1 Å². The molecule has 1 atom stereocenters. The Balaban J connectivity index is 2.45. The molecule has 0 radical (unpaired) electrons. The molecule has 110 valence electrons. The van der Waals surface area contributed by atoms with Gasteiger partial charge in [-0.2, -0.15) is 0 Å². The Morgan fingerprint density at radius 3 is 2.70 bits per heavy atom. The van der Waals surface area contributed by atoms with E-state index in [4.69, 9.17) is 25.8 Å². The Hall–Kier alpha value is -1.30. The molecular formula is C14H19ClN2O3. The lowest BCUT2D eigenvalue weighted by atomic mass is 10.3. The first-order valence-corrected chi connectivity index (χ1v) is 6.88. The Labute approximate surface area is 123 Å². The van der Waals surface area contributed by atoms with Gasteiger partial charge in [0.25, 0.3) is 0 Å². The average molecular weight is 299 g/mol. The van der Waals surface area contributed by atoms with Gasteiger partial charge in [-0.1, -0.05) is 6.07 Å². The van der Waals surface area contributed by atoms with Crippen LogP contribution in [0.25, 0.3) is 11.0 Å². The third kappa shape index (κ3) is 2.90. The van der Waals surface area contributed by atoms with Gasteiger partial charge in [0.15, 0.2) is 0 Å². The maximum absolute atomic E-state index is 6.01. The minimum atomic E-state index is -0.0504. The van der Waals surface area contributed by atoms with Gasteiger partial charge >= 0.3 is 0 Å². The molecule has 0 amide bonds. The molecular weight excluding hydrogens is 280 g/mol. The first kappa shape index (κ1) is 15.1. The van der Waals surface area contributed by atoms with Gasteiger partial charge in [-0.25, -0.2) is 4.98 Å². The quantitative estimate of drug-likeness (QED) is 0.737. The summed E-state index contributed by atoms with van der Waals surface area (Å²) >= 11 is 6.01. The van der Waals surface area contributed by atoms with E-state index in [9.17, 15) is 0 Å². The van der Waals surface area contributed by atoms with Crippen molar-refractivity contribution in [2.75, 3.05) is 27.9 Å². The zero-order valence-corrected chi connectivity index (χ0v) is 12.7. The van der Waals surface area contributed by atoms with E-state index in [1.54, 1.807) is 21.3 Å². The van der Waals surface area contributed by atoms with Crippen LogP contribution in [0.3, 0.4) is 0 Å². The summed E-state index contributed by atoms with van der Waals surface area (Å²) in [5.41, 5.74) is 1.80. The number of rotatable bonds is 7. The summed E-state index contributed by atoms with van der Waals surface area (Å²) in [6.07, 6.45) is -0.0504. The normalized spacial score (nSPS) is 12.8. The highest BCUT2D eigenvalue weighted by Gasteiger charge is 2.17. The number of hydrogen-bond acceptors (Lipinski definition) is 4. The van der Waals surface area contributed by atoms with Crippen LogP contribution in [-0.4, -0.2) is 43.6 Å². The van der Waals surface area contributed by atoms with Crippen molar-refractivity contribution in [3.63, 3.8) is 0 Å². The number of benzene rings is 1. The van der Waals surface area contributed by atoms with Gasteiger partial charge in [-0.15, -0.1) is 11.6 Å². The topological polar surface area (TPSA) is 45.5 Å². The van der Waals surface area contributed by atoms with Gasteiger partial charge in [0.05, 0.1) is 37.8 Å². The number of fused-ring (bicyclic) bond motifs is 1. The molecule has 0 aliphatic rings. The van der Waals surface area contributed by atoms with Crippen LogP contribution in [0.5, 0.6) is 5.75 Å². The van der Waals surface area contributed by atoms with Crippen molar-refractivity contribution in [2.45, 2.75) is 18.5 Å². The molecule has 1 heterocycles. The van der Waals surface area contributed by atoms with Crippen LogP contribution in [-0.2, 0) is 21.9 Å². The van der Waals surface area contributed by atoms with Crippen LogP contribution in [0.4, 0.5) is 0 Å². The lowest BCUT2D eigenvalue weighted by Crippen LogP contribution is -2.24. The Morgan fingerprint density at radius 1 is 1.30 bits per heavy atom. The summed E-state index contributed by atoms with van der Waals surface area (Å²) in [7, 11) is 4.96. The molecule has 0 aliphatic carbocycles. The summed E-state index contributed by atoms with van der Waals surface area (Å²) in [5.74, 6) is 1.87. The van der Waals surface area contributed by atoms with Crippen molar-refractivity contribution in [1.82, 2.24) is 9.55 Å². The number of para-hydroxylation sites is 1. The molecule has 0 N–H and O–H groups in total. The largest absolute Gasteiger partial charge is 0.494 e. The molecule has 0 fully saturated rings. The van der Waals surface area contributed by atoms with Crippen molar-refractivity contribution >= 4 is 22.6 Å². The number of nitrogens with zero attached hydrogens (tertiary/aromatic N) is 2. The van der Waals surface area contributed by atoms with Crippen LogP contribution in [0.1, 0.15) is 5.82 Å². The molecule has 2 rings (SSSR count). The molecule has 0 saturated heterocycles. The highest BCUT2D eigenvalue weighted by atomic mass is 35.5. The summed E-state index contributed by atoms with van der Waals surface area (Å²) in [6, 6.07) is 5.83. The standard InChI is InChI=1S/C14H19ClN2O3/c1-18-9-10(19-2)8-17-11-5-4-6-12(20-3)14(11)16-13(17)7-15/h4-6,10H,7-9H2,1-3H3. The second-order valence-electron chi connectivity index (χ2n) is 4.41. The number of ether oxygens (including phenoxy) is 3. The first-order chi connectivity index (χ1) is 9.74. The second-order valence-corrected chi connectivity index (χ2v) is 4.68. The summed E-state index contributed by atoms with van der Waals surface area (Å²) in [6.45, 7) is 1.15. The molecule has 1 aromatic heterocycles. The monoisotopic (exact) mass is 298 g/mol. The predicted molar refractivity (Wildman–Crippen MR) is 78.5 cm³/mol. The van der Waals surface area contributed by atoms with Gasteiger partial charge in [0.1, 0.15) is 17.1 Å². The Kier molecular flexibility index (Phi) is 5.23. The maximum Gasteiger partial charge on any atom is 0.146 e. The lowest BCUT2D eigenvalue weighted by molar-refractivity contribution is 0.0186. The number of halogens is 1. The first-order valence-electron chi connectivity index (χ1n) is 6.35. The van der Waals surface area contributed by atoms with E-state index < -0.39 is 0 Å². The molecule has 1 unspecified atom stereocenters. The predicted octanol–water partition coefficient (Wildman–Crippen LogP) is 2.45. The van der Waals surface area contributed by atoms with Crippen molar-refractivity contribution in [2.24, 2.45) is 0 Å². The van der Waals surface area contributed by atoms with Crippen LogP contribution < -0.4 is 4.74 Å². The molecule has 6 heteroatoms. The molecule has 0 aliphatic heterocycles. The van der Waals surface area contributed by atoms with E-state index in [-0.39, 0.29) is 6.10 Å². The zero-order chi connectivity index (χ0) is 14.5. The fraction of sp³-hybridized carbons (Fsp3) is 0.500. The molecule has 0 saturated carbocycles. The third-order valence-corrected chi connectivity index (χ3v) is 3.47. The van der Waals surface area contributed by atoms with Gasteiger partial charge in [0.2, 0.25) is 0 Å². The summed E-state index contributed by atoms with van der Waals surface area (Å²) in [5, 5.41) is 0. The van der Waals surface area contributed by atoms with E-state index >= 15 is 0 Å². The minimum absolute atomic E-state index is 0.0504. The Morgan fingerprint density at radius 2 is 2.10 bits per heavy atom. The molecule has 1 aromatic carbocycles. The second kappa shape index (κ2) is 6.92. The van der Waals surface area contributed by atoms with Crippen LogP contribution in [0, 0.1) is 0 Å². The highest BCUT2D eigenvalue weighted by Crippen LogP contribution is 2.26. The van der Waals surface area contributed by atoms with E-state index in [0.717, 1.165) is 22.6 Å². The number of aromatic nitrogens is 2. The van der Waals surface area contributed by atoms with E-state index in [1.807, 2.05) is 18.2 Å². The van der Waals surface area contributed by atoms with E-state index in [2.05, 4.69) is 9.55 Å². The molecule has 0 spiro atoms. The van der Waals surface area contributed by atoms with Crippen molar-refractivity contribution < 1.29 is 14.2 Å². The van der Waals surface area contributed by atoms with Crippen LogP contribution in [0.2, 0.25) is 0 Å². The Bertz CT molecular complexity index is 571. The van der Waals surface area contributed by atoms with Gasteiger partial charge in [-0.3, -0.25) is 0 Å². The van der Waals surface area contributed by atoms with Gasteiger partial charge in [0, 0.05) is 14.2 Å². The van der Waals surface area contributed by atoms with E-state index in [0.29, 0.717) is 19.0 Å². The number of alkyl halides is 1. The fourth-order valence-corrected chi connectivity index (χ4v) is 2.43. The van der Waals surface area contributed by atoms with Gasteiger partial charge < -0.3 is 18.8 Å². The molecule has 5 nitrogen and oxygen atoms in total. The zero-order valence-electron chi connectivity index (χ0n) is 11.9. The average Bonchev–Trinajstić information content (AvgIpc) is 2.84. The molecule has 0 bridgehead atoms. The van der Waals surface area contributed by atoms with Crippen LogP contribution in [0.15, 0.2) is 18.2 Å². The lowest BCUT2D eigenvalue weighted by Gasteiger charge is -2.17. The number of hydrogen-bond donors (Lipinski definition) is 0. The van der Waals surface area contributed by atoms with Crippen molar-refractivity contribution in [3.05, 3.63) is 24.0 Å². The van der Waals surface area contributed by atoms with Crippen LogP contribution >= 0.6 is 11.6 Å². The van der Waals surface area contributed by atoms with Crippen molar-refractivity contribution in [1.29, 1.82) is 0 Å². The number of methoxy groups -OCH3 is 3. The molecule has 2 aromatic rings. The summed E-state index contributed by atoms with van der Waals surface area (Å²) in [4.78, 5) is 4.56. The third-order valence-electron chi connectivity index (χ3n) is 3.23. The minimum Gasteiger partial charge on any atom is -0.494 e. The molecule has 20 heavy (non-hydrogen) atoms.